The Morgan fingerprint density at radius 3 is 2.05 bits per heavy atom. The number of aromatic nitrogens is 1. The molecule has 0 amide bonds. The first-order valence-electron chi connectivity index (χ1n) is 7.17. The summed E-state index contributed by atoms with van der Waals surface area (Å²) in [5.74, 6) is 0.512. The lowest BCUT2D eigenvalue weighted by atomic mass is 9.99. The first-order valence-corrected chi connectivity index (χ1v) is 7.17. The monoisotopic (exact) mass is 290 g/mol. The van der Waals surface area contributed by atoms with Crippen LogP contribution in [0.15, 0.2) is 72.9 Å². The molecule has 0 radical (unpaired) electrons. The van der Waals surface area contributed by atoms with E-state index in [4.69, 9.17) is 10.5 Å². The molecule has 0 saturated heterocycles. The lowest BCUT2D eigenvalue weighted by Gasteiger charge is -2.16. The van der Waals surface area contributed by atoms with Crippen molar-refractivity contribution in [1.82, 2.24) is 4.98 Å². The molecule has 1 heterocycles. The number of nitrogen functional groups attached to an aromatic ring is 1. The average molecular weight is 290 g/mol. The van der Waals surface area contributed by atoms with Crippen LogP contribution < -0.4 is 5.73 Å². The van der Waals surface area contributed by atoms with Crippen molar-refractivity contribution in [3.63, 3.8) is 0 Å². The van der Waals surface area contributed by atoms with Crippen molar-refractivity contribution in [2.24, 2.45) is 0 Å². The number of pyridine rings is 1. The average Bonchev–Trinajstić information content (AvgIpc) is 2.59. The Morgan fingerprint density at radius 1 is 0.818 bits per heavy atom. The molecule has 110 valence electrons. The molecule has 2 aromatic carbocycles. The van der Waals surface area contributed by atoms with E-state index in [0.29, 0.717) is 5.82 Å². The number of hydrogen-bond acceptors (Lipinski definition) is 3. The molecular weight excluding hydrogens is 272 g/mol. The van der Waals surface area contributed by atoms with E-state index in [2.05, 4.69) is 41.4 Å². The molecule has 0 saturated carbocycles. The van der Waals surface area contributed by atoms with E-state index in [9.17, 15) is 0 Å². The van der Waals surface area contributed by atoms with Crippen LogP contribution in [0.1, 0.15) is 17.2 Å². The highest BCUT2D eigenvalue weighted by molar-refractivity contribution is 5.63. The number of hydrogen-bond donors (Lipinski definition) is 1. The molecular formula is C19H18N2O. The van der Waals surface area contributed by atoms with Gasteiger partial charge in [-0.3, -0.25) is 0 Å². The van der Waals surface area contributed by atoms with Gasteiger partial charge in [0.15, 0.2) is 0 Å². The van der Waals surface area contributed by atoms with E-state index in [1.54, 1.807) is 19.4 Å². The van der Waals surface area contributed by atoms with Crippen molar-refractivity contribution in [1.29, 1.82) is 0 Å². The Kier molecular flexibility index (Phi) is 4.17. The zero-order chi connectivity index (χ0) is 15.4. The molecule has 0 bridgehead atoms. The van der Waals surface area contributed by atoms with Gasteiger partial charge in [-0.1, -0.05) is 60.7 Å². The fraction of sp³-hybridized carbons (Fsp3) is 0.105. The quantitative estimate of drug-likeness (QED) is 0.788. The van der Waals surface area contributed by atoms with Gasteiger partial charge < -0.3 is 10.5 Å². The molecule has 1 unspecified atom stereocenters. The van der Waals surface area contributed by atoms with Crippen LogP contribution in [-0.4, -0.2) is 12.1 Å². The van der Waals surface area contributed by atoms with Gasteiger partial charge in [0.2, 0.25) is 0 Å². The van der Waals surface area contributed by atoms with Crippen molar-refractivity contribution in [2.75, 3.05) is 12.8 Å². The van der Waals surface area contributed by atoms with Gasteiger partial charge in [0.05, 0.1) is 0 Å². The maximum atomic E-state index is 5.64. The second-order valence-corrected chi connectivity index (χ2v) is 5.12. The van der Waals surface area contributed by atoms with Crippen LogP contribution >= 0.6 is 0 Å². The predicted octanol–water partition coefficient (Wildman–Crippen LogP) is 4.07. The van der Waals surface area contributed by atoms with Crippen molar-refractivity contribution >= 4 is 5.82 Å². The molecule has 0 spiro atoms. The maximum absolute atomic E-state index is 5.64. The summed E-state index contributed by atoms with van der Waals surface area (Å²) in [5, 5.41) is 0. The van der Waals surface area contributed by atoms with Gasteiger partial charge in [0.25, 0.3) is 0 Å². The van der Waals surface area contributed by atoms with E-state index >= 15 is 0 Å². The number of nitrogens with zero attached hydrogens (tertiary/aromatic N) is 1. The minimum Gasteiger partial charge on any atom is -0.384 e. The summed E-state index contributed by atoms with van der Waals surface area (Å²) in [6.07, 6.45) is 1.62. The molecule has 3 rings (SSSR count). The summed E-state index contributed by atoms with van der Waals surface area (Å²) in [6, 6.07) is 22.5. The lowest BCUT2D eigenvalue weighted by molar-refractivity contribution is 0.136. The summed E-state index contributed by atoms with van der Waals surface area (Å²) in [4.78, 5) is 4.14. The minimum atomic E-state index is -0.141. The number of rotatable bonds is 4. The van der Waals surface area contributed by atoms with Crippen molar-refractivity contribution in [2.45, 2.75) is 6.10 Å². The Labute approximate surface area is 130 Å². The van der Waals surface area contributed by atoms with Gasteiger partial charge in [-0.2, -0.15) is 0 Å². The van der Waals surface area contributed by atoms with E-state index in [-0.39, 0.29) is 6.10 Å². The molecule has 1 atom stereocenters. The molecule has 0 aliphatic carbocycles. The number of benzene rings is 2. The molecule has 1 aromatic heterocycles. The summed E-state index contributed by atoms with van der Waals surface area (Å²) in [5.41, 5.74) is 10.1. The van der Waals surface area contributed by atoms with Crippen LogP contribution in [0.3, 0.4) is 0 Å². The Balaban J connectivity index is 1.89. The number of ether oxygens (including phenoxy) is 1. The standard InChI is InChI=1S/C19H18N2O/c1-22-19(17-11-12-18(20)21-13-17)16-9-7-15(8-10-16)14-5-3-2-4-6-14/h2-13,19H,1H3,(H2,20,21). The van der Waals surface area contributed by atoms with Crippen LogP contribution in [0.5, 0.6) is 0 Å². The highest BCUT2D eigenvalue weighted by atomic mass is 16.5. The van der Waals surface area contributed by atoms with Crippen LogP contribution in [0.25, 0.3) is 11.1 Å². The van der Waals surface area contributed by atoms with Gasteiger partial charge >= 0.3 is 0 Å². The molecule has 22 heavy (non-hydrogen) atoms. The largest absolute Gasteiger partial charge is 0.384 e. The molecule has 3 aromatic rings. The van der Waals surface area contributed by atoms with Crippen molar-refractivity contribution in [3.05, 3.63) is 84.1 Å². The topological polar surface area (TPSA) is 48.1 Å². The third-order valence-corrected chi connectivity index (χ3v) is 3.67. The molecule has 0 fully saturated rings. The predicted molar refractivity (Wildman–Crippen MR) is 89.4 cm³/mol. The number of nitrogens with two attached hydrogens (primary N) is 1. The van der Waals surface area contributed by atoms with E-state index in [1.165, 1.54) is 11.1 Å². The fourth-order valence-corrected chi connectivity index (χ4v) is 2.52. The fourth-order valence-electron chi connectivity index (χ4n) is 2.52. The van der Waals surface area contributed by atoms with Gasteiger partial charge in [-0.25, -0.2) is 4.98 Å². The third kappa shape index (κ3) is 3.00. The minimum absolute atomic E-state index is 0.141. The number of methoxy groups -OCH3 is 1. The van der Waals surface area contributed by atoms with Crippen LogP contribution in [-0.2, 0) is 4.74 Å². The second kappa shape index (κ2) is 6.41. The molecule has 3 nitrogen and oxygen atoms in total. The maximum Gasteiger partial charge on any atom is 0.123 e. The van der Waals surface area contributed by atoms with Gasteiger partial charge in [0.1, 0.15) is 11.9 Å². The first kappa shape index (κ1) is 14.3. The van der Waals surface area contributed by atoms with Gasteiger partial charge in [-0.15, -0.1) is 0 Å². The Bertz CT molecular complexity index is 722. The Hall–Kier alpha value is -2.65. The smallest absolute Gasteiger partial charge is 0.123 e. The number of anilines is 1. The second-order valence-electron chi connectivity index (χ2n) is 5.12. The molecule has 0 aliphatic rings. The third-order valence-electron chi connectivity index (χ3n) is 3.67. The summed E-state index contributed by atoms with van der Waals surface area (Å²) >= 11 is 0. The van der Waals surface area contributed by atoms with Crippen LogP contribution in [0.4, 0.5) is 5.82 Å². The molecule has 2 N–H and O–H groups in total. The van der Waals surface area contributed by atoms with Gasteiger partial charge in [-0.05, 0) is 22.8 Å². The molecule has 3 heteroatoms. The first-order chi connectivity index (χ1) is 10.8. The van der Waals surface area contributed by atoms with E-state index in [1.807, 2.05) is 24.3 Å². The zero-order valence-corrected chi connectivity index (χ0v) is 12.4. The summed E-state index contributed by atoms with van der Waals surface area (Å²) in [6.45, 7) is 0. The van der Waals surface area contributed by atoms with E-state index in [0.717, 1.165) is 11.1 Å². The van der Waals surface area contributed by atoms with Crippen molar-refractivity contribution < 1.29 is 4.74 Å². The highest BCUT2D eigenvalue weighted by Gasteiger charge is 2.13. The SMILES string of the molecule is COC(c1ccc(-c2ccccc2)cc1)c1ccc(N)nc1. The van der Waals surface area contributed by atoms with E-state index < -0.39 is 0 Å². The zero-order valence-electron chi connectivity index (χ0n) is 12.4. The van der Waals surface area contributed by atoms with Crippen LogP contribution in [0.2, 0.25) is 0 Å². The Morgan fingerprint density at radius 2 is 1.45 bits per heavy atom. The summed E-state index contributed by atoms with van der Waals surface area (Å²) < 4.78 is 5.63. The van der Waals surface area contributed by atoms with Crippen molar-refractivity contribution in [3.8, 4) is 11.1 Å². The highest BCUT2D eigenvalue weighted by Crippen LogP contribution is 2.27. The lowest BCUT2D eigenvalue weighted by Crippen LogP contribution is -2.04. The van der Waals surface area contributed by atoms with Crippen LogP contribution in [0, 0.1) is 0 Å². The summed E-state index contributed by atoms with van der Waals surface area (Å²) in [7, 11) is 1.70. The molecule has 0 aliphatic heterocycles. The normalized spacial score (nSPS) is 12.0. The van der Waals surface area contributed by atoms with Gasteiger partial charge in [0, 0.05) is 18.9 Å².